The number of nitrogens with one attached hydrogen (secondary N) is 1. The molecule has 0 aliphatic heterocycles. The summed E-state index contributed by atoms with van der Waals surface area (Å²) in [6.45, 7) is 1.60. The van der Waals surface area contributed by atoms with Crippen molar-refractivity contribution < 1.29 is 4.79 Å². The number of thiazole rings is 1. The normalized spacial score (nSPS) is 10.7. The summed E-state index contributed by atoms with van der Waals surface area (Å²) in [6, 6.07) is 20.7. The number of amides is 1. The average Bonchev–Trinajstić information content (AvgIpc) is 3.20. The SMILES string of the molecule is Cc1nc(-c2ccccc2)cc(=O)n1CC(=O)Nc1nc(-c2ccccc2)cs1. The van der Waals surface area contributed by atoms with Crippen LogP contribution in [0.5, 0.6) is 0 Å². The van der Waals surface area contributed by atoms with E-state index in [9.17, 15) is 9.59 Å². The molecule has 0 spiro atoms. The van der Waals surface area contributed by atoms with Crippen molar-refractivity contribution in [3.05, 3.63) is 88.3 Å². The van der Waals surface area contributed by atoms with Crippen LogP contribution in [0.4, 0.5) is 5.13 Å². The third-order valence-corrected chi connectivity index (χ3v) is 5.15. The Balaban J connectivity index is 1.49. The highest BCUT2D eigenvalue weighted by Crippen LogP contribution is 2.24. The lowest BCUT2D eigenvalue weighted by Crippen LogP contribution is -2.29. The maximum absolute atomic E-state index is 12.5. The average molecular weight is 402 g/mol. The third kappa shape index (κ3) is 4.30. The molecule has 0 unspecified atom stereocenters. The quantitative estimate of drug-likeness (QED) is 0.548. The van der Waals surface area contributed by atoms with Gasteiger partial charge in [0, 0.05) is 22.6 Å². The molecule has 0 radical (unpaired) electrons. The standard InChI is InChI=1S/C22H18N4O2S/c1-15-23-18(16-8-4-2-5-9-16)12-21(28)26(15)13-20(27)25-22-24-19(14-29-22)17-10-6-3-7-11-17/h2-12,14H,13H2,1H3,(H,24,25,27). The molecule has 7 heteroatoms. The van der Waals surface area contributed by atoms with Crippen molar-refractivity contribution in [1.29, 1.82) is 0 Å². The van der Waals surface area contributed by atoms with Crippen molar-refractivity contribution in [3.8, 4) is 22.5 Å². The van der Waals surface area contributed by atoms with Crippen molar-refractivity contribution >= 4 is 22.4 Å². The molecule has 0 atom stereocenters. The van der Waals surface area contributed by atoms with E-state index in [2.05, 4.69) is 15.3 Å². The molecular formula is C22H18N4O2S. The fraction of sp³-hybridized carbons (Fsp3) is 0.0909. The molecule has 2 aromatic heterocycles. The number of hydrogen-bond acceptors (Lipinski definition) is 5. The number of anilines is 1. The van der Waals surface area contributed by atoms with Crippen LogP contribution in [0.1, 0.15) is 5.82 Å². The van der Waals surface area contributed by atoms with Crippen LogP contribution in [0.3, 0.4) is 0 Å². The van der Waals surface area contributed by atoms with Crippen LogP contribution in [0.2, 0.25) is 0 Å². The molecule has 29 heavy (non-hydrogen) atoms. The van der Waals surface area contributed by atoms with Crippen LogP contribution < -0.4 is 10.9 Å². The van der Waals surface area contributed by atoms with E-state index in [0.717, 1.165) is 16.8 Å². The lowest BCUT2D eigenvalue weighted by Gasteiger charge is -2.10. The second kappa shape index (κ2) is 8.20. The van der Waals surface area contributed by atoms with Gasteiger partial charge >= 0.3 is 0 Å². The lowest BCUT2D eigenvalue weighted by atomic mass is 10.1. The number of hydrogen-bond donors (Lipinski definition) is 1. The number of carbonyl (C=O) groups excluding carboxylic acids is 1. The molecule has 0 saturated carbocycles. The summed E-state index contributed by atoms with van der Waals surface area (Å²) in [6.07, 6.45) is 0. The van der Waals surface area contributed by atoms with Crippen molar-refractivity contribution in [1.82, 2.24) is 14.5 Å². The molecule has 4 rings (SSSR count). The zero-order valence-electron chi connectivity index (χ0n) is 15.7. The summed E-state index contributed by atoms with van der Waals surface area (Å²) >= 11 is 1.35. The third-order valence-electron chi connectivity index (χ3n) is 4.39. The van der Waals surface area contributed by atoms with Crippen LogP contribution in [0, 0.1) is 6.92 Å². The summed E-state index contributed by atoms with van der Waals surface area (Å²) < 4.78 is 1.35. The van der Waals surface area contributed by atoms with Gasteiger partial charge in [-0.15, -0.1) is 11.3 Å². The van der Waals surface area contributed by atoms with Crippen LogP contribution in [-0.2, 0) is 11.3 Å². The van der Waals surface area contributed by atoms with E-state index in [-0.39, 0.29) is 18.0 Å². The van der Waals surface area contributed by atoms with E-state index in [1.165, 1.54) is 22.0 Å². The lowest BCUT2D eigenvalue weighted by molar-refractivity contribution is -0.116. The first-order chi connectivity index (χ1) is 14.1. The summed E-state index contributed by atoms with van der Waals surface area (Å²) in [5, 5.41) is 5.14. The maximum Gasteiger partial charge on any atom is 0.254 e. The van der Waals surface area contributed by atoms with Gasteiger partial charge in [-0.3, -0.25) is 14.2 Å². The molecule has 0 aliphatic carbocycles. The number of carbonyl (C=O) groups is 1. The highest BCUT2D eigenvalue weighted by Gasteiger charge is 2.12. The van der Waals surface area contributed by atoms with Gasteiger partial charge < -0.3 is 5.32 Å². The zero-order valence-corrected chi connectivity index (χ0v) is 16.5. The van der Waals surface area contributed by atoms with E-state index in [1.807, 2.05) is 66.0 Å². The van der Waals surface area contributed by atoms with E-state index >= 15 is 0 Å². The molecule has 2 heterocycles. The molecule has 1 N–H and O–H groups in total. The predicted molar refractivity (Wildman–Crippen MR) is 115 cm³/mol. The number of rotatable bonds is 5. The highest BCUT2D eigenvalue weighted by atomic mass is 32.1. The van der Waals surface area contributed by atoms with E-state index in [0.29, 0.717) is 16.6 Å². The number of nitrogens with zero attached hydrogens (tertiary/aromatic N) is 3. The Labute approximate surface area is 171 Å². The Kier molecular flexibility index (Phi) is 5.31. The Hall–Kier alpha value is -3.58. The van der Waals surface area contributed by atoms with Crippen molar-refractivity contribution in [2.45, 2.75) is 13.5 Å². The van der Waals surface area contributed by atoms with E-state index < -0.39 is 0 Å². The van der Waals surface area contributed by atoms with Crippen molar-refractivity contribution in [3.63, 3.8) is 0 Å². The molecule has 144 valence electrons. The van der Waals surface area contributed by atoms with Crippen LogP contribution in [0.15, 0.2) is 76.9 Å². The van der Waals surface area contributed by atoms with Gasteiger partial charge in [-0.05, 0) is 6.92 Å². The molecule has 4 aromatic rings. The van der Waals surface area contributed by atoms with Gasteiger partial charge in [0.05, 0.1) is 11.4 Å². The molecule has 0 fully saturated rings. The van der Waals surface area contributed by atoms with Gasteiger partial charge in [0.2, 0.25) is 5.91 Å². The zero-order chi connectivity index (χ0) is 20.2. The number of aryl methyl sites for hydroxylation is 1. The predicted octanol–water partition coefficient (Wildman–Crippen LogP) is 3.98. The van der Waals surface area contributed by atoms with Crippen LogP contribution >= 0.6 is 11.3 Å². The molecule has 0 aliphatic rings. The Morgan fingerprint density at radius 3 is 2.21 bits per heavy atom. The fourth-order valence-electron chi connectivity index (χ4n) is 2.95. The van der Waals surface area contributed by atoms with Crippen LogP contribution in [0.25, 0.3) is 22.5 Å². The van der Waals surface area contributed by atoms with E-state index in [4.69, 9.17) is 0 Å². The summed E-state index contributed by atoms with van der Waals surface area (Å²) in [4.78, 5) is 33.9. The highest BCUT2D eigenvalue weighted by molar-refractivity contribution is 7.14. The first-order valence-corrected chi connectivity index (χ1v) is 9.93. The number of aromatic nitrogens is 3. The summed E-state index contributed by atoms with van der Waals surface area (Å²) in [7, 11) is 0. The number of benzene rings is 2. The largest absolute Gasteiger partial charge is 0.300 e. The summed E-state index contributed by atoms with van der Waals surface area (Å²) in [5.41, 5.74) is 2.97. The molecule has 2 aromatic carbocycles. The Morgan fingerprint density at radius 1 is 0.966 bits per heavy atom. The monoisotopic (exact) mass is 402 g/mol. The van der Waals surface area contributed by atoms with Crippen molar-refractivity contribution in [2.24, 2.45) is 0 Å². The van der Waals surface area contributed by atoms with Crippen molar-refractivity contribution in [2.75, 3.05) is 5.32 Å². The Bertz CT molecular complexity index is 1200. The van der Waals surface area contributed by atoms with Crippen LogP contribution in [-0.4, -0.2) is 20.4 Å². The molecule has 1 amide bonds. The van der Waals surface area contributed by atoms with Gasteiger partial charge in [0.25, 0.3) is 5.56 Å². The summed E-state index contributed by atoms with van der Waals surface area (Å²) in [5.74, 6) is 0.161. The van der Waals surface area contributed by atoms with Gasteiger partial charge in [-0.25, -0.2) is 9.97 Å². The van der Waals surface area contributed by atoms with Gasteiger partial charge in [0.1, 0.15) is 12.4 Å². The molecule has 0 saturated heterocycles. The maximum atomic E-state index is 12.5. The second-order valence-corrected chi connectivity index (χ2v) is 7.29. The minimum absolute atomic E-state index is 0.118. The van der Waals surface area contributed by atoms with E-state index in [1.54, 1.807) is 6.92 Å². The minimum atomic E-state index is -0.321. The second-order valence-electron chi connectivity index (χ2n) is 6.43. The first kappa shape index (κ1) is 18.8. The molecular weight excluding hydrogens is 384 g/mol. The topological polar surface area (TPSA) is 76.9 Å². The Morgan fingerprint density at radius 2 is 1.59 bits per heavy atom. The van der Waals surface area contributed by atoms with Gasteiger partial charge in [0.15, 0.2) is 5.13 Å². The smallest absolute Gasteiger partial charge is 0.254 e. The minimum Gasteiger partial charge on any atom is -0.300 e. The fourth-order valence-corrected chi connectivity index (χ4v) is 3.68. The molecule has 6 nitrogen and oxygen atoms in total. The van der Waals surface area contributed by atoms with Gasteiger partial charge in [-0.1, -0.05) is 60.7 Å². The molecule has 0 bridgehead atoms. The van der Waals surface area contributed by atoms with Gasteiger partial charge in [-0.2, -0.15) is 0 Å². The first-order valence-electron chi connectivity index (χ1n) is 9.05.